The molecule has 23 heavy (non-hydrogen) atoms. The van der Waals surface area contributed by atoms with E-state index in [1.54, 1.807) is 17.1 Å². The van der Waals surface area contributed by atoms with Gasteiger partial charge in [0.05, 0.1) is 0 Å². The van der Waals surface area contributed by atoms with Gasteiger partial charge in [-0.2, -0.15) is 5.10 Å². The predicted octanol–water partition coefficient (Wildman–Crippen LogP) is 2.81. The van der Waals surface area contributed by atoms with Crippen molar-refractivity contribution in [1.82, 2.24) is 20.1 Å². The highest BCUT2D eigenvalue weighted by molar-refractivity contribution is 5.95. The van der Waals surface area contributed by atoms with Gasteiger partial charge in [0, 0.05) is 30.7 Å². The number of nitrogens with one attached hydrogen (secondary N) is 1. The lowest BCUT2D eigenvalue weighted by Gasteiger charge is -2.09. The van der Waals surface area contributed by atoms with Crippen LogP contribution in [0, 0.1) is 13.8 Å². The van der Waals surface area contributed by atoms with Crippen LogP contribution in [0.25, 0.3) is 5.82 Å². The third-order valence-electron chi connectivity index (χ3n) is 3.64. The first-order valence-electron chi connectivity index (χ1n) is 7.44. The van der Waals surface area contributed by atoms with Gasteiger partial charge in [-0.15, -0.1) is 0 Å². The Morgan fingerprint density at radius 2 is 2.04 bits per heavy atom. The van der Waals surface area contributed by atoms with Crippen LogP contribution >= 0.6 is 0 Å². The molecule has 0 atom stereocenters. The zero-order valence-corrected chi connectivity index (χ0v) is 13.2. The Kier molecular flexibility index (Phi) is 4.19. The van der Waals surface area contributed by atoms with Gasteiger partial charge in [0.25, 0.3) is 5.91 Å². The minimum Gasteiger partial charge on any atom is -0.348 e. The molecule has 116 valence electrons. The molecule has 1 aromatic carbocycles. The highest BCUT2D eigenvalue weighted by atomic mass is 16.1. The maximum atomic E-state index is 12.4. The molecule has 0 saturated carbocycles. The van der Waals surface area contributed by atoms with Crippen molar-refractivity contribution < 1.29 is 4.79 Å². The lowest BCUT2D eigenvalue weighted by molar-refractivity contribution is 0.0950. The zero-order chi connectivity index (χ0) is 16.2. The zero-order valence-electron chi connectivity index (χ0n) is 13.2. The van der Waals surface area contributed by atoms with Gasteiger partial charge in [-0.3, -0.25) is 4.79 Å². The molecule has 3 aromatic rings. The van der Waals surface area contributed by atoms with Crippen LogP contribution in [0.3, 0.4) is 0 Å². The molecule has 0 bridgehead atoms. The first-order chi connectivity index (χ1) is 11.1. The third-order valence-corrected chi connectivity index (χ3v) is 3.64. The van der Waals surface area contributed by atoms with Crippen molar-refractivity contribution in [1.29, 1.82) is 0 Å². The molecule has 0 unspecified atom stereocenters. The van der Waals surface area contributed by atoms with E-state index in [0.29, 0.717) is 12.1 Å². The maximum Gasteiger partial charge on any atom is 0.251 e. The van der Waals surface area contributed by atoms with Crippen LogP contribution in [0.15, 0.2) is 55.0 Å². The lowest BCUT2D eigenvalue weighted by atomic mass is 10.1. The molecule has 1 amide bonds. The molecule has 1 N–H and O–H groups in total. The lowest BCUT2D eigenvalue weighted by Crippen LogP contribution is -2.23. The summed E-state index contributed by atoms with van der Waals surface area (Å²) in [6.45, 7) is 4.37. The Bertz CT molecular complexity index is 825. The van der Waals surface area contributed by atoms with E-state index in [1.807, 2.05) is 56.4 Å². The van der Waals surface area contributed by atoms with Crippen molar-refractivity contribution in [3.63, 3.8) is 0 Å². The number of pyridine rings is 1. The van der Waals surface area contributed by atoms with Crippen molar-refractivity contribution in [2.75, 3.05) is 0 Å². The van der Waals surface area contributed by atoms with Crippen LogP contribution in [-0.4, -0.2) is 20.7 Å². The van der Waals surface area contributed by atoms with E-state index in [-0.39, 0.29) is 5.91 Å². The SMILES string of the molecule is Cc1ccc(C)c(C(=O)NCc2ccnc(-n3cccn3)c2)c1. The van der Waals surface area contributed by atoms with Gasteiger partial charge in [-0.25, -0.2) is 9.67 Å². The molecule has 0 aliphatic carbocycles. The summed E-state index contributed by atoms with van der Waals surface area (Å²) in [5.41, 5.74) is 3.74. The first kappa shape index (κ1) is 15.0. The summed E-state index contributed by atoms with van der Waals surface area (Å²) in [6.07, 6.45) is 5.26. The van der Waals surface area contributed by atoms with Gasteiger partial charge in [0.1, 0.15) is 0 Å². The number of aryl methyl sites for hydroxylation is 2. The molecular weight excluding hydrogens is 288 g/mol. The molecule has 0 aliphatic heterocycles. The molecule has 0 fully saturated rings. The van der Waals surface area contributed by atoms with Crippen molar-refractivity contribution in [2.45, 2.75) is 20.4 Å². The fourth-order valence-corrected chi connectivity index (χ4v) is 2.36. The molecule has 5 heteroatoms. The van der Waals surface area contributed by atoms with E-state index >= 15 is 0 Å². The average molecular weight is 306 g/mol. The van der Waals surface area contributed by atoms with Gasteiger partial charge < -0.3 is 5.32 Å². The van der Waals surface area contributed by atoms with Crippen LogP contribution in [0.5, 0.6) is 0 Å². The van der Waals surface area contributed by atoms with Gasteiger partial charge in [0.2, 0.25) is 0 Å². The fraction of sp³-hybridized carbons (Fsp3) is 0.167. The maximum absolute atomic E-state index is 12.4. The normalized spacial score (nSPS) is 10.5. The Morgan fingerprint density at radius 1 is 1.17 bits per heavy atom. The molecule has 0 aliphatic rings. The summed E-state index contributed by atoms with van der Waals surface area (Å²) >= 11 is 0. The summed E-state index contributed by atoms with van der Waals surface area (Å²) < 4.78 is 1.69. The summed E-state index contributed by atoms with van der Waals surface area (Å²) in [4.78, 5) is 16.6. The minimum absolute atomic E-state index is 0.0661. The van der Waals surface area contributed by atoms with E-state index in [0.717, 1.165) is 22.5 Å². The number of carbonyl (C=O) groups is 1. The molecule has 2 aromatic heterocycles. The van der Waals surface area contributed by atoms with Crippen molar-refractivity contribution in [3.05, 3.63) is 77.2 Å². The minimum atomic E-state index is -0.0661. The van der Waals surface area contributed by atoms with Crippen LogP contribution < -0.4 is 5.32 Å². The Balaban J connectivity index is 1.72. The number of amides is 1. The number of benzene rings is 1. The van der Waals surface area contributed by atoms with Crippen LogP contribution in [0.1, 0.15) is 27.0 Å². The molecule has 0 radical (unpaired) electrons. The summed E-state index contributed by atoms with van der Waals surface area (Å²) in [5.74, 6) is 0.664. The Labute approximate surface area is 135 Å². The molecule has 0 saturated heterocycles. The highest BCUT2D eigenvalue weighted by Gasteiger charge is 2.09. The second-order valence-electron chi connectivity index (χ2n) is 5.47. The molecule has 0 spiro atoms. The standard InChI is InChI=1S/C18H18N4O/c1-13-4-5-14(2)16(10-13)18(23)20-12-15-6-8-19-17(11-15)22-9-3-7-21-22/h3-11H,12H2,1-2H3,(H,20,23). The third kappa shape index (κ3) is 3.45. The number of nitrogens with zero attached hydrogens (tertiary/aromatic N) is 3. The van der Waals surface area contributed by atoms with Gasteiger partial charge in [0.15, 0.2) is 5.82 Å². The van der Waals surface area contributed by atoms with E-state index in [2.05, 4.69) is 15.4 Å². The molecule has 2 heterocycles. The van der Waals surface area contributed by atoms with Crippen LogP contribution in [-0.2, 0) is 6.54 Å². The number of hydrogen-bond donors (Lipinski definition) is 1. The van der Waals surface area contributed by atoms with Gasteiger partial charge >= 0.3 is 0 Å². The second-order valence-corrected chi connectivity index (χ2v) is 5.47. The number of aromatic nitrogens is 3. The van der Waals surface area contributed by atoms with Crippen LogP contribution in [0.2, 0.25) is 0 Å². The smallest absolute Gasteiger partial charge is 0.251 e. The molecule has 5 nitrogen and oxygen atoms in total. The molecular formula is C18H18N4O. The van der Waals surface area contributed by atoms with E-state index < -0.39 is 0 Å². The number of hydrogen-bond acceptors (Lipinski definition) is 3. The topological polar surface area (TPSA) is 59.8 Å². The summed E-state index contributed by atoms with van der Waals surface area (Å²) in [6, 6.07) is 11.5. The highest BCUT2D eigenvalue weighted by Crippen LogP contribution is 2.11. The van der Waals surface area contributed by atoms with Crippen LogP contribution in [0.4, 0.5) is 0 Å². The van der Waals surface area contributed by atoms with Crippen molar-refractivity contribution >= 4 is 5.91 Å². The summed E-state index contributed by atoms with van der Waals surface area (Å²) in [5, 5.41) is 7.12. The van der Waals surface area contributed by atoms with Gasteiger partial charge in [-0.05, 0) is 49.2 Å². The Morgan fingerprint density at radius 3 is 2.83 bits per heavy atom. The quantitative estimate of drug-likeness (QED) is 0.806. The second kappa shape index (κ2) is 6.44. The monoisotopic (exact) mass is 306 g/mol. The predicted molar refractivity (Wildman–Crippen MR) is 88.4 cm³/mol. The number of rotatable bonds is 4. The first-order valence-corrected chi connectivity index (χ1v) is 7.44. The van der Waals surface area contributed by atoms with E-state index in [9.17, 15) is 4.79 Å². The van der Waals surface area contributed by atoms with Crippen molar-refractivity contribution in [2.24, 2.45) is 0 Å². The average Bonchev–Trinajstić information content (AvgIpc) is 3.10. The van der Waals surface area contributed by atoms with E-state index in [4.69, 9.17) is 0 Å². The van der Waals surface area contributed by atoms with Crippen molar-refractivity contribution in [3.8, 4) is 5.82 Å². The fourth-order valence-electron chi connectivity index (χ4n) is 2.36. The Hall–Kier alpha value is -2.95. The number of carbonyl (C=O) groups excluding carboxylic acids is 1. The van der Waals surface area contributed by atoms with Gasteiger partial charge in [-0.1, -0.05) is 17.7 Å². The largest absolute Gasteiger partial charge is 0.348 e. The van der Waals surface area contributed by atoms with E-state index in [1.165, 1.54) is 0 Å². The summed E-state index contributed by atoms with van der Waals surface area (Å²) in [7, 11) is 0. The molecule has 3 rings (SSSR count).